The third-order valence-corrected chi connectivity index (χ3v) is 5.45. The SMILES string of the molecule is CCC(c1ccc(Cl)cc1)N1CCCCC1C1CCCN1. The first-order valence-corrected chi connectivity index (χ1v) is 8.92. The molecule has 1 aromatic carbocycles. The molecule has 2 aliphatic heterocycles. The highest BCUT2D eigenvalue weighted by Crippen LogP contribution is 2.34. The summed E-state index contributed by atoms with van der Waals surface area (Å²) in [6.45, 7) is 4.75. The Balaban J connectivity index is 1.80. The maximum atomic E-state index is 6.05. The Kier molecular flexibility index (Phi) is 5.20. The fraction of sp³-hybridized carbons (Fsp3) is 0.667. The molecule has 21 heavy (non-hydrogen) atoms. The molecule has 0 radical (unpaired) electrons. The maximum absolute atomic E-state index is 6.05. The van der Waals surface area contributed by atoms with Gasteiger partial charge in [0.25, 0.3) is 0 Å². The van der Waals surface area contributed by atoms with E-state index in [4.69, 9.17) is 11.6 Å². The molecule has 2 heterocycles. The number of halogens is 1. The lowest BCUT2D eigenvalue weighted by Crippen LogP contribution is -2.51. The number of nitrogens with zero attached hydrogens (tertiary/aromatic N) is 1. The minimum atomic E-state index is 0.537. The van der Waals surface area contributed by atoms with Crippen LogP contribution in [-0.2, 0) is 0 Å². The minimum absolute atomic E-state index is 0.537. The fourth-order valence-corrected chi connectivity index (χ4v) is 4.31. The van der Waals surface area contributed by atoms with Crippen LogP contribution in [-0.4, -0.2) is 30.1 Å². The molecule has 0 aliphatic carbocycles. The van der Waals surface area contributed by atoms with Crippen LogP contribution in [0.1, 0.15) is 57.1 Å². The van der Waals surface area contributed by atoms with Crippen LogP contribution in [0.5, 0.6) is 0 Å². The largest absolute Gasteiger partial charge is 0.312 e. The molecule has 2 aliphatic rings. The highest BCUT2D eigenvalue weighted by atomic mass is 35.5. The normalized spacial score (nSPS) is 28.7. The van der Waals surface area contributed by atoms with Crippen LogP contribution in [0, 0.1) is 0 Å². The zero-order chi connectivity index (χ0) is 14.7. The number of hydrogen-bond donors (Lipinski definition) is 1. The molecule has 0 bridgehead atoms. The molecular weight excluding hydrogens is 280 g/mol. The molecule has 0 aromatic heterocycles. The molecule has 3 unspecified atom stereocenters. The van der Waals surface area contributed by atoms with Crippen LogP contribution in [0.4, 0.5) is 0 Å². The third-order valence-electron chi connectivity index (χ3n) is 5.20. The van der Waals surface area contributed by atoms with E-state index >= 15 is 0 Å². The summed E-state index contributed by atoms with van der Waals surface area (Å²) in [6.07, 6.45) is 7.93. The Bertz CT molecular complexity index is 439. The first-order chi connectivity index (χ1) is 10.3. The van der Waals surface area contributed by atoms with Gasteiger partial charge in [0.05, 0.1) is 0 Å². The van der Waals surface area contributed by atoms with E-state index in [1.54, 1.807) is 0 Å². The number of benzene rings is 1. The summed E-state index contributed by atoms with van der Waals surface area (Å²) in [5.74, 6) is 0. The van der Waals surface area contributed by atoms with Crippen molar-refractivity contribution in [3.8, 4) is 0 Å². The average Bonchev–Trinajstić information content (AvgIpc) is 3.05. The average molecular weight is 307 g/mol. The summed E-state index contributed by atoms with van der Waals surface area (Å²) in [5.41, 5.74) is 1.42. The molecule has 3 rings (SSSR count). The van der Waals surface area contributed by atoms with Crippen LogP contribution in [0.25, 0.3) is 0 Å². The molecule has 3 atom stereocenters. The van der Waals surface area contributed by atoms with E-state index in [-0.39, 0.29) is 0 Å². The van der Waals surface area contributed by atoms with Gasteiger partial charge in [0.2, 0.25) is 0 Å². The van der Waals surface area contributed by atoms with Gasteiger partial charge in [-0.25, -0.2) is 0 Å². The Labute approximate surface area is 133 Å². The second-order valence-corrected chi connectivity index (χ2v) is 6.92. The molecule has 2 fully saturated rings. The van der Waals surface area contributed by atoms with E-state index in [2.05, 4.69) is 29.3 Å². The first kappa shape index (κ1) is 15.3. The van der Waals surface area contributed by atoms with E-state index in [0.29, 0.717) is 18.1 Å². The van der Waals surface area contributed by atoms with Crippen molar-refractivity contribution in [2.24, 2.45) is 0 Å². The van der Waals surface area contributed by atoms with Gasteiger partial charge < -0.3 is 5.32 Å². The Hall–Kier alpha value is -0.570. The van der Waals surface area contributed by atoms with Gasteiger partial charge in [-0.3, -0.25) is 4.90 Å². The standard InChI is InChI=1S/C18H27ClN2/c1-2-17(14-8-10-15(19)11-9-14)21-13-4-3-7-18(21)16-6-5-12-20-16/h8-11,16-18,20H,2-7,12-13H2,1H3. The van der Waals surface area contributed by atoms with Crippen molar-refractivity contribution in [2.45, 2.75) is 63.6 Å². The lowest BCUT2D eigenvalue weighted by Gasteiger charge is -2.44. The van der Waals surface area contributed by atoms with Gasteiger partial charge in [0, 0.05) is 23.1 Å². The summed E-state index contributed by atoms with van der Waals surface area (Å²) in [4.78, 5) is 2.77. The van der Waals surface area contributed by atoms with Crippen molar-refractivity contribution in [3.05, 3.63) is 34.9 Å². The molecule has 1 N–H and O–H groups in total. The Morgan fingerprint density at radius 2 is 2.00 bits per heavy atom. The minimum Gasteiger partial charge on any atom is -0.312 e. The van der Waals surface area contributed by atoms with Crippen LogP contribution >= 0.6 is 11.6 Å². The molecule has 0 saturated carbocycles. The molecule has 0 spiro atoms. The zero-order valence-electron chi connectivity index (χ0n) is 13.0. The second-order valence-electron chi connectivity index (χ2n) is 6.48. The third kappa shape index (κ3) is 3.44. The predicted octanol–water partition coefficient (Wildman–Crippen LogP) is 4.40. The summed E-state index contributed by atoms with van der Waals surface area (Å²) in [5, 5.41) is 4.57. The number of nitrogens with one attached hydrogen (secondary N) is 1. The van der Waals surface area contributed by atoms with Crippen LogP contribution in [0.3, 0.4) is 0 Å². The van der Waals surface area contributed by atoms with Gasteiger partial charge in [-0.2, -0.15) is 0 Å². The van der Waals surface area contributed by atoms with Crippen molar-refractivity contribution in [3.63, 3.8) is 0 Å². The quantitative estimate of drug-likeness (QED) is 0.887. The van der Waals surface area contributed by atoms with E-state index in [0.717, 1.165) is 5.02 Å². The summed E-state index contributed by atoms with van der Waals surface area (Å²) in [6, 6.07) is 10.4. The van der Waals surface area contributed by atoms with Crippen molar-refractivity contribution in [1.29, 1.82) is 0 Å². The van der Waals surface area contributed by atoms with Crippen LogP contribution in [0.15, 0.2) is 24.3 Å². The fourth-order valence-electron chi connectivity index (χ4n) is 4.19. The number of likely N-dealkylation sites (tertiary alicyclic amines) is 1. The van der Waals surface area contributed by atoms with E-state index in [1.165, 1.54) is 57.2 Å². The van der Waals surface area contributed by atoms with Gasteiger partial charge in [-0.1, -0.05) is 37.1 Å². The molecule has 3 heteroatoms. The molecule has 2 saturated heterocycles. The van der Waals surface area contributed by atoms with Crippen molar-refractivity contribution < 1.29 is 0 Å². The molecule has 0 amide bonds. The molecule has 2 nitrogen and oxygen atoms in total. The van der Waals surface area contributed by atoms with E-state index in [1.807, 2.05) is 12.1 Å². The van der Waals surface area contributed by atoms with E-state index in [9.17, 15) is 0 Å². The Morgan fingerprint density at radius 1 is 1.19 bits per heavy atom. The Morgan fingerprint density at radius 3 is 2.67 bits per heavy atom. The number of hydrogen-bond acceptors (Lipinski definition) is 2. The van der Waals surface area contributed by atoms with Gasteiger partial charge in [-0.05, 0) is 62.9 Å². The predicted molar refractivity (Wildman–Crippen MR) is 89.9 cm³/mol. The second kappa shape index (κ2) is 7.13. The summed E-state index contributed by atoms with van der Waals surface area (Å²) < 4.78 is 0. The summed E-state index contributed by atoms with van der Waals surface area (Å²) in [7, 11) is 0. The lowest BCUT2D eigenvalue weighted by atomic mass is 9.90. The van der Waals surface area contributed by atoms with Gasteiger partial charge >= 0.3 is 0 Å². The van der Waals surface area contributed by atoms with Crippen LogP contribution in [0.2, 0.25) is 5.02 Å². The monoisotopic (exact) mass is 306 g/mol. The molecule has 1 aromatic rings. The van der Waals surface area contributed by atoms with Gasteiger partial charge in [-0.15, -0.1) is 0 Å². The highest BCUT2D eigenvalue weighted by Gasteiger charge is 2.35. The maximum Gasteiger partial charge on any atom is 0.0406 e. The smallest absolute Gasteiger partial charge is 0.0406 e. The number of rotatable bonds is 4. The summed E-state index contributed by atoms with van der Waals surface area (Å²) >= 11 is 6.05. The molecule has 116 valence electrons. The number of piperidine rings is 1. The van der Waals surface area contributed by atoms with E-state index < -0.39 is 0 Å². The lowest BCUT2D eigenvalue weighted by molar-refractivity contribution is 0.0702. The van der Waals surface area contributed by atoms with Crippen molar-refractivity contribution >= 4 is 11.6 Å². The van der Waals surface area contributed by atoms with Crippen molar-refractivity contribution in [1.82, 2.24) is 10.2 Å². The first-order valence-electron chi connectivity index (χ1n) is 8.54. The van der Waals surface area contributed by atoms with Crippen LogP contribution < -0.4 is 5.32 Å². The topological polar surface area (TPSA) is 15.3 Å². The van der Waals surface area contributed by atoms with Gasteiger partial charge in [0.1, 0.15) is 0 Å². The zero-order valence-corrected chi connectivity index (χ0v) is 13.8. The molecular formula is C18H27ClN2. The van der Waals surface area contributed by atoms with Gasteiger partial charge in [0.15, 0.2) is 0 Å². The highest BCUT2D eigenvalue weighted by molar-refractivity contribution is 6.30. The van der Waals surface area contributed by atoms with Crippen molar-refractivity contribution in [2.75, 3.05) is 13.1 Å².